The Kier molecular flexibility index (Phi) is 8.74. The van der Waals surface area contributed by atoms with Crippen LogP contribution in [0.15, 0.2) is 18.2 Å². The molecule has 0 radical (unpaired) electrons. The maximum absolute atomic E-state index is 12.6. The SMILES string of the molecule is CCC(C)N[C@@](Cc1ccc(OC(C)=O)c(OC(C)=O)c1)(OC(=O)C(C)(C)C)C(=O)O. The van der Waals surface area contributed by atoms with Gasteiger partial charge in [-0.1, -0.05) is 13.0 Å². The molecule has 0 aliphatic rings. The lowest BCUT2D eigenvalue weighted by atomic mass is 9.95. The zero-order valence-corrected chi connectivity index (χ0v) is 19.0. The molecule has 1 aromatic rings. The summed E-state index contributed by atoms with van der Waals surface area (Å²) in [7, 11) is 0. The quantitative estimate of drug-likeness (QED) is 0.340. The fourth-order valence-electron chi connectivity index (χ4n) is 2.53. The van der Waals surface area contributed by atoms with Gasteiger partial charge >= 0.3 is 23.9 Å². The molecule has 31 heavy (non-hydrogen) atoms. The number of carboxylic acid groups (broad SMARTS) is 1. The number of hydrogen-bond acceptors (Lipinski definition) is 8. The van der Waals surface area contributed by atoms with Gasteiger partial charge in [0.2, 0.25) is 0 Å². The van der Waals surface area contributed by atoms with E-state index >= 15 is 0 Å². The van der Waals surface area contributed by atoms with E-state index in [2.05, 4.69) is 5.32 Å². The standard InChI is InChI=1S/C22H31NO8/c1-8-13(2)23-22(19(26)27,31-20(28)21(5,6)7)12-16-9-10-17(29-14(3)24)18(11-16)30-15(4)25/h9-11,13,23H,8,12H2,1-7H3,(H,26,27)/t13?,22-/m0/s1. The van der Waals surface area contributed by atoms with Crippen LogP contribution in [0.1, 0.15) is 60.5 Å². The van der Waals surface area contributed by atoms with Gasteiger partial charge in [0.25, 0.3) is 5.72 Å². The molecule has 0 amide bonds. The van der Waals surface area contributed by atoms with E-state index in [0.29, 0.717) is 12.0 Å². The van der Waals surface area contributed by atoms with Crippen LogP contribution in [0.25, 0.3) is 0 Å². The summed E-state index contributed by atoms with van der Waals surface area (Å²) in [6.07, 6.45) is 0.329. The van der Waals surface area contributed by atoms with Crippen molar-refractivity contribution in [3.63, 3.8) is 0 Å². The van der Waals surface area contributed by atoms with Crippen molar-refractivity contribution in [2.75, 3.05) is 0 Å². The molecule has 2 atom stereocenters. The fourth-order valence-corrected chi connectivity index (χ4v) is 2.53. The second-order valence-electron chi connectivity index (χ2n) is 8.37. The van der Waals surface area contributed by atoms with Crippen molar-refractivity contribution in [1.82, 2.24) is 5.32 Å². The van der Waals surface area contributed by atoms with Gasteiger partial charge in [-0.3, -0.25) is 19.7 Å². The predicted octanol–water partition coefficient (Wildman–Crippen LogP) is 2.84. The zero-order chi connectivity index (χ0) is 24.0. The first-order valence-corrected chi connectivity index (χ1v) is 9.94. The maximum Gasteiger partial charge on any atom is 0.364 e. The summed E-state index contributed by atoms with van der Waals surface area (Å²) in [6, 6.07) is 3.99. The van der Waals surface area contributed by atoms with E-state index in [1.807, 2.05) is 6.92 Å². The van der Waals surface area contributed by atoms with Gasteiger partial charge in [0.05, 0.1) is 5.41 Å². The van der Waals surface area contributed by atoms with Crippen LogP contribution in [0.5, 0.6) is 11.5 Å². The van der Waals surface area contributed by atoms with Crippen LogP contribution < -0.4 is 14.8 Å². The predicted molar refractivity (Wildman–Crippen MR) is 112 cm³/mol. The molecular formula is C22H31NO8. The van der Waals surface area contributed by atoms with Crippen molar-refractivity contribution in [2.24, 2.45) is 5.41 Å². The Morgan fingerprint density at radius 3 is 2.03 bits per heavy atom. The van der Waals surface area contributed by atoms with E-state index in [9.17, 15) is 24.3 Å². The minimum Gasteiger partial charge on any atom is -0.477 e. The molecule has 0 saturated carbocycles. The molecule has 0 aliphatic heterocycles. The molecule has 0 saturated heterocycles. The summed E-state index contributed by atoms with van der Waals surface area (Å²) in [5.74, 6) is -3.37. The van der Waals surface area contributed by atoms with Gasteiger partial charge in [-0.05, 0) is 51.8 Å². The van der Waals surface area contributed by atoms with Gasteiger partial charge in [0, 0.05) is 26.3 Å². The van der Waals surface area contributed by atoms with Crippen molar-refractivity contribution >= 4 is 23.9 Å². The van der Waals surface area contributed by atoms with Gasteiger partial charge in [0.15, 0.2) is 11.5 Å². The molecule has 172 valence electrons. The van der Waals surface area contributed by atoms with E-state index in [0.717, 1.165) is 0 Å². The smallest absolute Gasteiger partial charge is 0.364 e. The van der Waals surface area contributed by atoms with Crippen LogP contribution in [0, 0.1) is 5.41 Å². The van der Waals surface area contributed by atoms with E-state index in [1.54, 1.807) is 27.7 Å². The second kappa shape index (κ2) is 10.4. The number of esters is 3. The van der Waals surface area contributed by atoms with E-state index in [-0.39, 0.29) is 24.0 Å². The third kappa shape index (κ3) is 7.67. The highest BCUT2D eigenvalue weighted by Gasteiger charge is 2.45. The third-order valence-corrected chi connectivity index (χ3v) is 4.29. The average Bonchev–Trinajstić information content (AvgIpc) is 2.61. The second-order valence-corrected chi connectivity index (χ2v) is 8.37. The first-order chi connectivity index (χ1) is 14.2. The fraction of sp³-hybridized carbons (Fsp3) is 0.545. The number of ether oxygens (including phenoxy) is 3. The molecule has 0 heterocycles. The van der Waals surface area contributed by atoms with Gasteiger partial charge in [-0.15, -0.1) is 0 Å². The lowest BCUT2D eigenvalue weighted by Gasteiger charge is -2.35. The van der Waals surface area contributed by atoms with Crippen molar-refractivity contribution in [2.45, 2.75) is 73.1 Å². The molecule has 0 bridgehead atoms. The normalized spacial score (nSPS) is 14.2. The topological polar surface area (TPSA) is 128 Å². The Labute approximate surface area is 182 Å². The Bertz CT molecular complexity index is 842. The molecule has 9 heteroatoms. The molecule has 1 aromatic carbocycles. The maximum atomic E-state index is 12.6. The van der Waals surface area contributed by atoms with E-state index in [4.69, 9.17) is 14.2 Å². The van der Waals surface area contributed by atoms with Crippen LogP contribution in [0.4, 0.5) is 0 Å². The number of carbonyl (C=O) groups excluding carboxylic acids is 3. The van der Waals surface area contributed by atoms with Crippen molar-refractivity contribution < 1.29 is 38.5 Å². The molecule has 9 nitrogen and oxygen atoms in total. The van der Waals surface area contributed by atoms with Crippen LogP contribution in [0.3, 0.4) is 0 Å². The number of carboxylic acids is 1. The van der Waals surface area contributed by atoms with Crippen LogP contribution in [0.2, 0.25) is 0 Å². The van der Waals surface area contributed by atoms with E-state index in [1.165, 1.54) is 32.0 Å². The van der Waals surface area contributed by atoms with Gasteiger partial charge in [-0.25, -0.2) is 4.79 Å². The lowest BCUT2D eigenvalue weighted by molar-refractivity contribution is -0.190. The summed E-state index contributed by atoms with van der Waals surface area (Å²) >= 11 is 0. The monoisotopic (exact) mass is 437 g/mol. The third-order valence-electron chi connectivity index (χ3n) is 4.29. The Morgan fingerprint density at radius 1 is 1.03 bits per heavy atom. The highest BCUT2D eigenvalue weighted by molar-refractivity contribution is 5.84. The highest BCUT2D eigenvalue weighted by Crippen LogP contribution is 2.31. The Balaban J connectivity index is 3.46. The van der Waals surface area contributed by atoms with Crippen LogP contribution in [-0.4, -0.2) is 40.8 Å². The Hall–Kier alpha value is -2.94. The summed E-state index contributed by atoms with van der Waals surface area (Å²) in [6.45, 7) is 10.9. The summed E-state index contributed by atoms with van der Waals surface area (Å²) < 4.78 is 15.7. The molecule has 1 unspecified atom stereocenters. The zero-order valence-electron chi connectivity index (χ0n) is 19.0. The number of hydrogen-bond donors (Lipinski definition) is 2. The molecule has 0 spiro atoms. The summed E-state index contributed by atoms with van der Waals surface area (Å²) in [4.78, 5) is 47.7. The first kappa shape index (κ1) is 26.1. The molecule has 0 aliphatic carbocycles. The van der Waals surface area contributed by atoms with E-state index < -0.39 is 35.0 Å². The summed E-state index contributed by atoms with van der Waals surface area (Å²) in [5, 5.41) is 12.9. The number of benzene rings is 1. The number of nitrogens with one attached hydrogen (secondary N) is 1. The van der Waals surface area contributed by atoms with Crippen molar-refractivity contribution in [3.8, 4) is 11.5 Å². The van der Waals surface area contributed by atoms with Crippen molar-refractivity contribution in [1.29, 1.82) is 0 Å². The number of rotatable bonds is 9. The summed E-state index contributed by atoms with van der Waals surface area (Å²) in [5.41, 5.74) is -2.61. The molecule has 0 aromatic heterocycles. The minimum atomic E-state index is -2.06. The lowest BCUT2D eigenvalue weighted by Crippen LogP contribution is -2.60. The van der Waals surface area contributed by atoms with Crippen molar-refractivity contribution in [3.05, 3.63) is 23.8 Å². The van der Waals surface area contributed by atoms with Gasteiger partial charge in [0.1, 0.15) is 0 Å². The highest BCUT2D eigenvalue weighted by atomic mass is 16.6. The average molecular weight is 437 g/mol. The minimum absolute atomic E-state index is 0.00828. The van der Waals surface area contributed by atoms with Gasteiger partial charge in [-0.2, -0.15) is 0 Å². The van der Waals surface area contributed by atoms with Gasteiger partial charge < -0.3 is 19.3 Å². The Morgan fingerprint density at radius 2 is 1.58 bits per heavy atom. The molecule has 0 fully saturated rings. The largest absolute Gasteiger partial charge is 0.477 e. The number of aliphatic carboxylic acids is 1. The first-order valence-electron chi connectivity index (χ1n) is 9.94. The van der Waals surface area contributed by atoms with Crippen LogP contribution >= 0.6 is 0 Å². The number of carbonyl (C=O) groups is 4. The molecular weight excluding hydrogens is 406 g/mol. The van der Waals surface area contributed by atoms with Crippen LogP contribution in [-0.2, 0) is 30.3 Å². The molecule has 1 rings (SSSR count). The molecule has 2 N–H and O–H groups in total.